The Hall–Kier alpha value is -1.51. The Bertz CT molecular complexity index is 308. The van der Waals surface area contributed by atoms with Crippen LogP contribution in [0.2, 0.25) is 0 Å². The minimum Gasteiger partial charge on any atom is -0.350 e. The number of carbonyl (C=O) groups is 1. The molecule has 1 aromatic rings. The van der Waals surface area contributed by atoms with E-state index in [9.17, 15) is 9.90 Å². The molecule has 0 spiro atoms. The number of amides is 1. The highest BCUT2D eigenvalue weighted by Crippen LogP contribution is 2.15. The zero-order valence-corrected chi connectivity index (χ0v) is 7.70. The quantitative estimate of drug-likeness (QED) is 0.739. The second kappa shape index (κ2) is 3.94. The zero-order chi connectivity index (χ0) is 9.84. The molecule has 1 radical (unpaired) electrons. The summed E-state index contributed by atoms with van der Waals surface area (Å²) < 4.78 is 0. The van der Waals surface area contributed by atoms with Gasteiger partial charge in [0.2, 0.25) is 0 Å². The van der Waals surface area contributed by atoms with Crippen LogP contribution in [0.4, 0.5) is 0 Å². The second-order valence-electron chi connectivity index (χ2n) is 3.12. The van der Waals surface area contributed by atoms with E-state index in [0.717, 1.165) is 0 Å². The molecule has 1 amide bonds. The van der Waals surface area contributed by atoms with Gasteiger partial charge in [-0.3, -0.25) is 9.90 Å². The average molecular weight is 178 g/mol. The highest BCUT2D eigenvalue weighted by atomic mass is 16.3. The SMILES string of the molecule is CC(C)NC(=O)c1ccccc1[O]. The van der Waals surface area contributed by atoms with Crippen LogP contribution in [0, 0.1) is 0 Å². The molecule has 0 aliphatic heterocycles. The molecular formula is C10H12NO2. The first-order valence-electron chi connectivity index (χ1n) is 4.18. The van der Waals surface area contributed by atoms with E-state index in [0.29, 0.717) is 0 Å². The van der Waals surface area contributed by atoms with Crippen LogP contribution in [0.5, 0.6) is 5.75 Å². The third-order valence-electron chi connectivity index (χ3n) is 1.55. The Morgan fingerprint density at radius 3 is 2.46 bits per heavy atom. The molecular weight excluding hydrogens is 166 g/mol. The monoisotopic (exact) mass is 178 g/mol. The van der Waals surface area contributed by atoms with Gasteiger partial charge >= 0.3 is 0 Å². The second-order valence-corrected chi connectivity index (χ2v) is 3.12. The molecule has 3 heteroatoms. The first-order chi connectivity index (χ1) is 6.11. The highest BCUT2D eigenvalue weighted by molar-refractivity contribution is 5.96. The fourth-order valence-electron chi connectivity index (χ4n) is 0.994. The van der Waals surface area contributed by atoms with Crippen molar-refractivity contribution in [2.45, 2.75) is 19.9 Å². The Morgan fingerprint density at radius 1 is 1.31 bits per heavy atom. The molecule has 0 saturated heterocycles. The summed E-state index contributed by atoms with van der Waals surface area (Å²) in [5.41, 5.74) is 0.205. The van der Waals surface area contributed by atoms with E-state index in [1.54, 1.807) is 12.1 Å². The summed E-state index contributed by atoms with van der Waals surface area (Å²) in [5, 5.41) is 13.8. The molecule has 0 unspecified atom stereocenters. The summed E-state index contributed by atoms with van der Waals surface area (Å²) >= 11 is 0. The lowest BCUT2D eigenvalue weighted by atomic mass is 10.2. The lowest BCUT2D eigenvalue weighted by Gasteiger charge is -2.07. The first-order valence-corrected chi connectivity index (χ1v) is 4.18. The summed E-state index contributed by atoms with van der Waals surface area (Å²) in [6.45, 7) is 3.70. The van der Waals surface area contributed by atoms with Gasteiger partial charge in [0.05, 0.1) is 5.56 Å². The summed E-state index contributed by atoms with van der Waals surface area (Å²) in [5.74, 6) is -0.541. The lowest BCUT2D eigenvalue weighted by molar-refractivity contribution is 0.0938. The minimum atomic E-state index is -0.305. The molecule has 0 heterocycles. The van der Waals surface area contributed by atoms with Gasteiger partial charge in [-0.25, -0.2) is 0 Å². The predicted molar refractivity (Wildman–Crippen MR) is 49.2 cm³/mol. The summed E-state index contributed by atoms with van der Waals surface area (Å²) in [6, 6.07) is 6.26. The Labute approximate surface area is 77.4 Å². The molecule has 0 saturated carbocycles. The highest BCUT2D eigenvalue weighted by Gasteiger charge is 2.11. The van der Waals surface area contributed by atoms with Gasteiger partial charge < -0.3 is 5.32 Å². The third kappa shape index (κ3) is 2.47. The van der Waals surface area contributed by atoms with Crippen LogP contribution in [0.3, 0.4) is 0 Å². The van der Waals surface area contributed by atoms with Gasteiger partial charge in [-0.05, 0) is 26.0 Å². The van der Waals surface area contributed by atoms with Crippen molar-refractivity contribution >= 4 is 5.91 Å². The molecule has 0 fully saturated rings. The molecule has 69 valence electrons. The molecule has 1 rings (SSSR count). The van der Waals surface area contributed by atoms with E-state index in [2.05, 4.69) is 5.32 Å². The molecule has 1 aromatic carbocycles. The number of benzene rings is 1. The number of hydrogen-bond acceptors (Lipinski definition) is 1. The summed E-state index contributed by atoms with van der Waals surface area (Å²) in [4.78, 5) is 11.4. The van der Waals surface area contributed by atoms with Crippen LogP contribution in [-0.4, -0.2) is 11.9 Å². The number of para-hydroxylation sites is 1. The van der Waals surface area contributed by atoms with Crippen molar-refractivity contribution in [1.29, 1.82) is 0 Å². The molecule has 3 nitrogen and oxygen atoms in total. The van der Waals surface area contributed by atoms with Gasteiger partial charge in [0, 0.05) is 6.04 Å². The fourth-order valence-corrected chi connectivity index (χ4v) is 0.994. The molecule has 1 N–H and O–H groups in total. The van der Waals surface area contributed by atoms with E-state index in [1.165, 1.54) is 12.1 Å². The van der Waals surface area contributed by atoms with Gasteiger partial charge in [0.1, 0.15) is 0 Å². The van der Waals surface area contributed by atoms with Gasteiger partial charge in [-0.1, -0.05) is 12.1 Å². The van der Waals surface area contributed by atoms with E-state index in [-0.39, 0.29) is 23.3 Å². The third-order valence-corrected chi connectivity index (χ3v) is 1.55. The standard InChI is InChI=1S/C10H12NO2/c1-7(2)11-10(13)8-5-3-4-6-9(8)12/h3-7H,1-2H3,(H,11,13). The van der Waals surface area contributed by atoms with E-state index < -0.39 is 0 Å². The van der Waals surface area contributed by atoms with E-state index in [1.807, 2.05) is 13.8 Å². The van der Waals surface area contributed by atoms with E-state index in [4.69, 9.17) is 0 Å². The Kier molecular flexibility index (Phi) is 2.90. The minimum absolute atomic E-state index is 0.0482. The van der Waals surface area contributed by atoms with Crippen molar-refractivity contribution in [2.75, 3.05) is 0 Å². The van der Waals surface area contributed by atoms with Crippen LogP contribution in [0.25, 0.3) is 0 Å². The maximum atomic E-state index is 11.4. The zero-order valence-electron chi connectivity index (χ0n) is 7.70. The van der Waals surface area contributed by atoms with Crippen molar-refractivity contribution in [3.8, 4) is 5.75 Å². The largest absolute Gasteiger partial charge is 0.350 e. The Balaban J connectivity index is 2.83. The Morgan fingerprint density at radius 2 is 1.92 bits per heavy atom. The van der Waals surface area contributed by atoms with Gasteiger partial charge in [-0.2, -0.15) is 0 Å². The summed E-state index contributed by atoms with van der Waals surface area (Å²) in [7, 11) is 0. The van der Waals surface area contributed by atoms with Crippen LogP contribution >= 0.6 is 0 Å². The van der Waals surface area contributed by atoms with Crippen molar-refractivity contribution in [2.24, 2.45) is 0 Å². The first kappa shape index (κ1) is 9.58. The smallest absolute Gasteiger partial charge is 0.255 e. The van der Waals surface area contributed by atoms with Crippen molar-refractivity contribution in [3.05, 3.63) is 29.8 Å². The number of rotatable bonds is 2. The van der Waals surface area contributed by atoms with Crippen LogP contribution < -0.4 is 5.32 Å². The van der Waals surface area contributed by atoms with Crippen LogP contribution in [-0.2, 0) is 5.11 Å². The molecule has 0 aliphatic carbocycles. The molecule has 13 heavy (non-hydrogen) atoms. The average Bonchev–Trinajstić information content (AvgIpc) is 2.03. The van der Waals surface area contributed by atoms with Gasteiger partial charge in [0.15, 0.2) is 5.75 Å². The fraction of sp³-hybridized carbons (Fsp3) is 0.300. The predicted octanol–water partition coefficient (Wildman–Crippen LogP) is 1.97. The molecule has 0 atom stereocenters. The van der Waals surface area contributed by atoms with Crippen molar-refractivity contribution < 1.29 is 9.90 Å². The topological polar surface area (TPSA) is 49.0 Å². The maximum absolute atomic E-state index is 11.4. The summed E-state index contributed by atoms with van der Waals surface area (Å²) in [6.07, 6.45) is 0. The van der Waals surface area contributed by atoms with Gasteiger partial charge in [-0.15, -0.1) is 0 Å². The van der Waals surface area contributed by atoms with Gasteiger partial charge in [0.25, 0.3) is 5.91 Å². The van der Waals surface area contributed by atoms with Crippen molar-refractivity contribution in [1.82, 2.24) is 5.32 Å². The number of hydrogen-bond donors (Lipinski definition) is 1. The molecule has 0 bridgehead atoms. The lowest BCUT2D eigenvalue weighted by Crippen LogP contribution is -2.29. The number of nitrogens with one attached hydrogen (secondary N) is 1. The maximum Gasteiger partial charge on any atom is 0.255 e. The van der Waals surface area contributed by atoms with E-state index >= 15 is 0 Å². The van der Waals surface area contributed by atoms with Crippen LogP contribution in [0.1, 0.15) is 24.2 Å². The van der Waals surface area contributed by atoms with Crippen molar-refractivity contribution in [3.63, 3.8) is 0 Å². The normalized spacial score (nSPS) is 10.1. The van der Waals surface area contributed by atoms with Crippen LogP contribution in [0.15, 0.2) is 24.3 Å². The molecule has 0 aliphatic rings. The molecule has 0 aromatic heterocycles. The number of carbonyl (C=O) groups excluding carboxylic acids is 1.